The Labute approximate surface area is 91.7 Å². The Hall–Kier alpha value is -0.580. The van der Waals surface area contributed by atoms with Gasteiger partial charge in [-0.15, -0.1) is 0 Å². The minimum absolute atomic E-state index is 0.128. The SMILES string of the molecule is CC(C)CCCC(=O)N1CCCS1(=O)=O. The van der Waals surface area contributed by atoms with Gasteiger partial charge in [0, 0.05) is 13.0 Å². The summed E-state index contributed by atoms with van der Waals surface area (Å²) in [5, 5.41) is 0. The molecule has 1 rings (SSSR count). The molecule has 0 unspecified atom stereocenters. The van der Waals surface area contributed by atoms with E-state index in [0.29, 0.717) is 25.3 Å². The van der Waals surface area contributed by atoms with E-state index in [9.17, 15) is 13.2 Å². The zero-order valence-electron chi connectivity index (χ0n) is 9.40. The van der Waals surface area contributed by atoms with E-state index in [1.807, 2.05) is 0 Å². The molecule has 4 nitrogen and oxygen atoms in total. The molecular weight excluding hydrogens is 214 g/mol. The Balaban J connectivity index is 2.41. The Morgan fingerprint density at radius 1 is 1.40 bits per heavy atom. The van der Waals surface area contributed by atoms with Gasteiger partial charge in [-0.05, 0) is 18.8 Å². The monoisotopic (exact) mass is 233 g/mol. The fourth-order valence-corrected chi connectivity index (χ4v) is 3.23. The van der Waals surface area contributed by atoms with Gasteiger partial charge in [-0.2, -0.15) is 0 Å². The van der Waals surface area contributed by atoms with E-state index >= 15 is 0 Å². The molecule has 1 saturated heterocycles. The summed E-state index contributed by atoms with van der Waals surface area (Å²) in [5.74, 6) is 0.462. The second-order valence-corrected chi connectivity index (χ2v) is 6.43. The minimum atomic E-state index is -3.25. The molecule has 1 fully saturated rings. The molecule has 0 aliphatic carbocycles. The average Bonchev–Trinajstić information content (AvgIpc) is 2.44. The summed E-state index contributed by atoms with van der Waals surface area (Å²) >= 11 is 0. The zero-order valence-corrected chi connectivity index (χ0v) is 10.2. The van der Waals surface area contributed by atoms with Gasteiger partial charge >= 0.3 is 0 Å². The molecule has 0 atom stereocenters. The molecule has 5 heteroatoms. The van der Waals surface area contributed by atoms with E-state index in [0.717, 1.165) is 17.1 Å². The fraction of sp³-hybridized carbons (Fsp3) is 0.900. The number of hydrogen-bond acceptors (Lipinski definition) is 3. The molecule has 0 aromatic rings. The van der Waals surface area contributed by atoms with Gasteiger partial charge in [0.15, 0.2) is 0 Å². The van der Waals surface area contributed by atoms with Gasteiger partial charge in [0.05, 0.1) is 5.75 Å². The van der Waals surface area contributed by atoms with Crippen LogP contribution in [0.25, 0.3) is 0 Å². The van der Waals surface area contributed by atoms with Crippen LogP contribution < -0.4 is 0 Å². The van der Waals surface area contributed by atoms with Crippen LogP contribution in [-0.2, 0) is 14.8 Å². The summed E-state index contributed by atoms with van der Waals surface area (Å²) in [6.07, 6.45) is 2.69. The highest BCUT2D eigenvalue weighted by atomic mass is 32.2. The molecule has 1 aliphatic rings. The molecule has 0 radical (unpaired) electrons. The van der Waals surface area contributed by atoms with Crippen molar-refractivity contribution in [2.24, 2.45) is 5.92 Å². The Bertz CT molecular complexity index is 322. The van der Waals surface area contributed by atoms with Crippen LogP contribution in [0.5, 0.6) is 0 Å². The molecule has 0 aromatic heterocycles. The molecule has 15 heavy (non-hydrogen) atoms. The molecule has 0 bridgehead atoms. The van der Waals surface area contributed by atoms with Crippen molar-refractivity contribution in [3.8, 4) is 0 Å². The van der Waals surface area contributed by atoms with E-state index in [2.05, 4.69) is 13.8 Å². The van der Waals surface area contributed by atoms with E-state index < -0.39 is 10.0 Å². The van der Waals surface area contributed by atoms with Crippen molar-refractivity contribution in [2.75, 3.05) is 12.3 Å². The highest BCUT2D eigenvalue weighted by Crippen LogP contribution is 2.16. The van der Waals surface area contributed by atoms with E-state index in [-0.39, 0.29) is 11.7 Å². The van der Waals surface area contributed by atoms with Crippen molar-refractivity contribution < 1.29 is 13.2 Å². The quantitative estimate of drug-likeness (QED) is 0.737. The number of carbonyl (C=O) groups excluding carboxylic acids is 1. The van der Waals surface area contributed by atoms with Crippen molar-refractivity contribution in [1.29, 1.82) is 0 Å². The van der Waals surface area contributed by atoms with Crippen LogP contribution in [-0.4, -0.2) is 30.9 Å². The first-order valence-corrected chi connectivity index (χ1v) is 7.07. The molecule has 88 valence electrons. The first-order chi connectivity index (χ1) is 6.93. The van der Waals surface area contributed by atoms with Crippen LogP contribution in [0.3, 0.4) is 0 Å². The standard InChI is InChI=1S/C10H19NO3S/c1-9(2)5-3-6-10(12)11-7-4-8-15(11,13)14/h9H,3-8H2,1-2H3. The highest BCUT2D eigenvalue weighted by molar-refractivity contribution is 7.89. The summed E-state index contributed by atoms with van der Waals surface area (Å²) < 4.78 is 23.9. The number of hydrogen-bond donors (Lipinski definition) is 0. The van der Waals surface area contributed by atoms with Crippen LogP contribution >= 0.6 is 0 Å². The lowest BCUT2D eigenvalue weighted by Crippen LogP contribution is -2.32. The number of carbonyl (C=O) groups is 1. The van der Waals surface area contributed by atoms with Gasteiger partial charge in [0.2, 0.25) is 15.9 Å². The van der Waals surface area contributed by atoms with Gasteiger partial charge in [-0.3, -0.25) is 4.79 Å². The van der Waals surface area contributed by atoms with Gasteiger partial charge in [0.25, 0.3) is 0 Å². The molecule has 1 amide bonds. The lowest BCUT2D eigenvalue weighted by molar-refractivity contribution is -0.126. The van der Waals surface area contributed by atoms with E-state index in [1.165, 1.54) is 0 Å². The molecule has 0 N–H and O–H groups in total. The van der Waals surface area contributed by atoms with Crippen LogP contribution in [0.4, 0.5) is 0 Å². The number of nitrogens with zero attached hydrogens (tertiary/aromatic N) is 1. The first-order valence-electron chi connectivity index (χ1n) is 5.47. The second kappa shape index (κ2) is 4.96. The summed E-state index contributed by atoms with van der Waals surface area (Å²) in [5.41, 5.74) is 0. The normalized spacial score (nSPS) is 19.8. The third-order valence-corrected chi connectivity index (χ3v) is 4.41. The molecule has 1 heterocycles. The molecule has 0 saturated carbocycles. The van der Waals surface area contributed by atoms with Crippen LogP contribution in [0.15, 0.2) is 0 Å². The molecular formula is C10H19NO3S. The first kappa shape index (κ1) is 12.5. The Kier molecular flexibility index (Phi) is 4.13. The molecule has 0 aromatic carbocycles. The topological polar surface area (TPSA) is 54.5 Å². The van der Waals surface area contributed by atoms with Crippen molar-refractivity contribution in [2.45, 2.75) is 39.5 Å². The predicted molar refractivity (Wildman–Crippen MR) is 58.8 cm³/mol. The van der Waals surface area contributed by atoms with Gasteiger partial charge in [0.1, 0.15) is 0 Å². The van der Waals surface area contributed by atoms with Gasteiger partial charge in [-0.1, -0.05) is 20.3 Å². The predicted octanol–water partition coefficient (Wildman–Crippen LogP) is 1.37. The maximum absolute atomic E-state index is 11.6. The largest absolute Gasteiger partial charge is 0.274 e. The maximum Gasteiger partial charge on any atom is 0.237 e. The maximum atomic E-state index is 11.6. The summed E-state index contributed by atoms with van der Waals surface area (Å²) in [4.78, 5) is 11.6. The number of rotatable bonds is 4. The van der Waals surface area contributed by atoms with Crippen LogP contribution in [0, 0.1) is 5.92 Å². The van der Waals surface area contributed by atoms with Crippen molar-refractivity contribution >= 4 is 15.9 Å². The molecule has 0 spiro atoms. The number of amides is 1. The smallest absolute Gasteiger partial charge is 0.237 e. The Morgan fingerprint density at radius 2 is 2.07 bits per heavy atom. The Morgan fingerprint density at radius 3 is 2.53 bits per heavy atom. The highest BCUT2D eigenvalue weighted by Gasteiger charge is 2.31. The average molecular weight is 233 g/mol. The van der Waals surface area contributed by atoms with Gasteiger partial charge in [-0.25, -0.2) is 12.7 Å². The van der Waals surface area contributed by atoms with E-state index in [4.69, 9.17) is 0 Å². The summed E-state index contributed by atoms with van der Waals surface area (Å²) in [7, 11) is -3.25. The van der Waals surface area contributed by atoms with Crippen LogP contribution in [0.2, 0.25) is 0 Å². The third-order valence-electron chi connectivity index (χ3n) is 2.55. The fourth-order valence-electron chi connectivity index (χ4n) is 1.71. The van der Waals surface area contributed by atoms with Crippen molar-refractivity contribution in [1.82, 2.24) is 4.31 Å². The number of sulfonamides is 1. The van der Waals surface area contributed by atoms with Crippen molar-refractivity contribution in [3.63, 3.8) is 0 Å². The zero-order chi connectivity index (χ0) is 11.5. The van der Waals surface area contributed by atoms with Crippen molar-refractivity contribution in [3.05, 3.63) is 0 Å². The third kappa shape index (κ3) is 3.48. The minimum Gasteiger partial charge on any atom is -0.274 e. The lowest BCUT2D eigenvalue weighted by atomic mass is 10.1. The van der Waals surface area contributed by atoms with Crippen LogP contribution in [0.1, 0.15) is 39.5 Å². The van der Waals surface area contributed by atoms with Gasteiger partial charge < -0.3 is 0 Å². The molecule has 1 aliphatic heterocycles. The second-order valence-electron chi connectivity index (χ2n) is 4.42. The van der Waals surface area contributed by atoms with E-state index in [1.54, 1.807) is 0 Å². The summed E-state index contributed by atoms with van der Waals surface area (Å²) in [6.45, 7) is 4.57. The summed E-state index contributed by atoms with van der Waals surface area (Å²) in [6, 6.07) is 0. The lowest BCUT2D eigenvalue weighted by Gasteiger charge is -2.14.